The van der Waals surface area contributed by atoms with E-state index in [1.807, 2.05) is 20.9 Å². The van der Waals surface area contributed by atoms with Crippen molar-refractivity contribution in [1.82, 2.24) is 9.29 Å². The second-order valence-electron chi connectivity index (χ2n) is 3.87. The summed E-state index contributed by atoms with van der Waals surface area (Å²) in [6.45, 7) is 4.55. The molecule has 1 heterocycles. The van der Waals surface area contributed by atoms with Crippen LogP contribution in [0.3, 0.4) is 0 Å². The Bertz CT molecular complexity index is 446. The van der Waals surface area contributed by atoms with E-state index >= 15 is 0 Å². The van der Waals surface area contributed by atoms with E-state index in [4.69, 9.17) is 0 Å². The lowest BCUT2D eigenvalue weighted by Gasteiger charge is -2.03. The van der Waals surface area contributed by atoms with Gasteiger partial charge in [0.05, 0.1) is 6.26 Å². The van der Waals surface area contributed by atoms with E-state index in [9.17, 15) is 8.42 Å². The molecule has 0 aromatic carbocycles. The smallest absolute Gasteiger partial charge is 0.208 e. The largest absolute Gasteiger partial charge is 0.352 e. The molecule has 0 bridgehead atoms. The van der Waals surface area contributed by atoms with Crippen molar-refractivity contribution in [1.29, 1.82) is 0 Å². The highest BCUT2D eigenvalue weighted by Gasteiger charge is 2.06. The quantitative estimate of drug-likeness (QED) is 0.829. The van der Waals surface area contributed by atoms with E-state index in [-0.39, 0.29) is 0 Å². The molecule has 0 fully saturated rings. The van der Waals surface area contributed by atoms with E-state index < -0.39 is 10.0 Å². The van der Waals surface area contributed by atoms with Gasteiger partial charge in [-0.25, -0.2) is 13.1 Å². The van der Waals surface area contributed by atoms with Gasteiger partial charge in [0.1, 0.15) is 0 Å². The molecule has 0 saturated carbocycles. The molecule has 1 aromatic heterocycles. The van der Waals surface area contributed by atoms with Gasteiger partial charge in [-0.15, -0.1) is 0 Å². The number of nitrogens with one attached hydrogen (secondary N) is 1. The van der Waals surface area contributed by atoms with Crippen LogP contribution in [0.25, 0.3) is 0 Å². The third kappa shape index (κ3) is 3.35. The number of aryl methyl sites for hydroxylation is 1. The Morgan fingerprint density at radius 3 is 2.40 bits per heavy atom. The first-order valence-electron chi connectivity index (χ1n) is 4.87. The first kappa shape index (κ1) is 12.3. The molecule has 0 aliphatic heterocycles. The maximum absolute atomic E-state index is 10.9. The molecule has 0 radical (unpaired) electrons. The highest BCUT2D eigenvalue weighted by molar-refractivity contribution is 7.88. The zero-order chi connectivity index (χ0) is 11.6. The molecule has 0 atom stereocenters. The molecular weight excluding hydrogens is 212 g/mol. The van der Waals surface area contributed by atoms with Crippen LogP contribution in [-0.4, -0.2) is 25.8 Å². The minimum absolute atomic E-state index is 0.461. The number of nitrogens with zero attached hydrogens (tertiary/aromatic N) is 1. The Kier molecular flexibility index (Phi) is 3.57. The summed E-state index contributed by atoms with van der Waals surface area (Å²) in [5, 5.41) is 0. The topological polar surface area (TPSA) is 51.1 Å². The molecule has 5 heteroatoms. The third-order valence-corrected chi connectivity index (χ3v) is 3.37. The summed E-state index contributed by atoms with van der Waals surface area (Å²) in [6.07, 6.45) is 1.91. The number of aromatic nitrogens is 1. The van der Waals surface area contributed by atoms with Gasteiger partial charge in [-0.05, 0) is 31.9 Å². The average Bonchev–Trinajstić information content (AvgIpc) is 2.32. The molecule has 0 saturated heterocycles. The van der Waals surface area contributed by atoms with Crippen LogP contribution in [0.5, 0.6) is 0 Å². The zero-order valence-corrected chi connectivity index (χ0v) is 10.5. The van der Waals surface area contributed by atoms with Crippen LogP contribution in [0.15, 0.2) is 6.07 Å². The van der Waals surface area contributed by atoms with Gasteiger partial charge in [0.25, 0.3) is 0 Å². The Morgan fingerprint density at radius 2 is 2.00 bits per heavy atom. The molecule has 0 aliphatic rings. The molecule has 1 N–H and O–H groups in total. The molecule has 0 amide bonds. The summed E-state index contributed by atoms with van der Waals surface area (Å²) in [7, 11) is -1.06. The van der Waals surface area contributed by atoms with Gasteiger partial charge in [-0.1, -0.05) is 0 Å². The van der Waals surface area contributed by atoms with E-state index in [0.717, 1.165) is 6.42 Å². The van der Waals surface area contributed by atoms with Crippen molar-refractivity contribution in [2.45, 2.75) is 20.3 Å². The molecular formula is C10H18N2O2S. The Morgan fingerprint density at radius 1 is 1.40 bits per heavy atom. The summed E-state index contributed by atoms with van der Waals surface area (Å²) >= 11 is 0. The van der Waals surface area contributed by atoms with E-state index in [0.29, 0.717) is 6.54 Å². The van der Waals surface area contributed by atoms with Gasteiger partial charge in [0, 0.05) is 25.0 Å². The van der Waals surface area contributed by atoms with Gasteiger partial charge in [-0.2, -0.15) is 0 Å². The van der Waals surface area contributed by atoms with Crippen molar-refractivity contribution in [3.8, 4) is 0 Å². The van der Waals surface area contributed by atoms with Crippen molar-refractivity contribution in [2.75, 3.05) is 12.8 Å². The first-order valence-corrected chi connectivity index (χ1v) is 6.77. The van der Waals surface area contributed by atoms with E-state index in [1.165, 1.54) is 23.2 Å². The maximum atomic E-state index is 10.9. The van der Waals surface area contributed by atoms with Crippen LogP contribution >= 0.6 is 0 Å². The SMILES string of the molecule is Cc1cc(CCNS(C)(=O)=O)c(C)n1C. The summed E-state index contributed by atoms with van der Waals surface area (Å²) in [6, 6.07) is 2.10. The van der Waals surface area contributed by atoms with E-state index in [1.54, 1.807) is 0 Å². The van der Waals surface area contributed by atoms with Crippen LogP contribution < -0.4 is 4.72 Å². The molecule has 1 rings (SSSR count). The van der Waals surface area contributed by atoms with Crippen molar-refractivity contribution in [3.05, 3.63) is 23.0 Å². The highest BCUT2D eigenvalue weighted by atomic mass is 32.2. The molecule has 0 spiro atoms. The Hall–Kier alpha value is -0.810. The predicted octanol–water partition coefficient (Wildman–Crippen LogP) is 0.734. The number of hydrogen-bond acceptors (Lipinski definition) is 2. The summed E-state index contributed by atoms with van der Waals surface area (Å²) < 4.78 is 26.3. The molecule has 0 aliphatic carbocycles. The van der Waals surface area contributed by atoms with Crippen molar-refractivity contribution >= 4 is 10.0 Å². The minimum atomic E-state index is -3.07. The zero-order valence-electron chi connectivity index (χ0n) is 9.66. The molecule has 15 heavy (non-hydrogen) atoms. The highest BCUT2D eigenvalue weighted by Crippen LogP contribution is 2.13. The van der Waals surface area contributed by atoms with Crippen LogP contribution in [0.4, 0.5) is 0 Å². The van der Waals surface area contributed by atoms with Crippen LogP contribution in [0.2, 0.25) is 0 Å². The van der Waals surface area contributed by atoms with Gasteiger partial charge >= 0.3 is 0 Å². The maximum Gasteiger partial charge on any atom is 0.208 e. The van der Waals surface area contributed by atoms with Crippen LogP contribution in [0.1, 0.15) is 17.0 Å². The lowest BCUT2D eigenvalue weighted by Crippen LogP contribution is -2.24. The molecule has 4 nitrogen and oxygen atoms in total. The van der Waals surface area contributed by atoms with Crippen molar-refractivity contribution in [2.24, 2.45) is 7.05 Å². The Labute approximate surface area is 91.4 Å². The summed E-state index contributed by atoms with van der Waals surface area (Å²) in [5.74, 6) is 0. The lowest BCUT2D eigenvalue weighted by atomic mass is 10.2. The van der Waals surface area contributed by atoms with Crippen molar-refractivity contribution < 1.29 is 8.42 Å². The lowest BCUT2D eigenvalue weighted by molar-refractivity contribution is 0.587. The summed E-state index contributed by atoms with van der Waals surface area (Å²) in [4.78, 5) is 0. The van der Waals surface area contributed by atoms with Crippen molar-refractivity contribution in [3.63, 3.8) is 0 Å². The second kappa shape index (κ2) is 4.37. The number of sulfonamides is 1. The minimum Gasteiger partial charge on any atom is -0.352 e. The third-order valence-electron chi connectivity index (χ3n) is 2.64. The van der Waals surface area contributed by atoms with E-state index in [2.05, 4.69) is 15.4 Å². The van der Waals surface area contributed by atoms with Crippen LogP contribution in [0, 0.1) is 13.8 Å². The fraction of sp³-hybridized carbons (Fsp3) is 0.600. The first-order chi connectivity index (χ1) is 6.81. The normalized spacial score (nSPS) is 12.0. The molecule has 0 unspecified atom stereocenters. The molecule has 1 aromatic rings. The number of hydrogen-bond donors (Lipinski definition) is 1. The fourth-order valence-electron chi connectivity index (χ4n) is 1.56. The predicted molar refractivity (Wildman–Crippen MR) is 61.4 cm³/mol. The molecule has 86 valence electrons. The summed E-state index contributed by atoms with van der Waals surface area (Å²) in [5.41, 5.74) is 3.59. The fourth-order valence-corrected chi connectivity index (χ4v) is 2.03. The van der Waals surface area contributed by atoms with Gasteiger partial charge in [0.15, 0.2) is 0 Å². The van der Waals surface area contributed by atoms with Gasteiger partial charge < -0.3 is 4.57 Å². The number of rotatable bonds is 4. The van der Waals surface area contributed by atoms with Gasteiger partial charge in [0.2, 0.25) is 10.0 Å². The Balaban J connectivity index is 2.63. The van der Waals surface area contributed by atoms with Gasteiger partial charge in [-0.3, -0.25) is 0 Å². The standard InChI is InChI=1S/C10H18N2O2S/c1-8-7-10(9(2)12(8)3)5-6-11-15(4,13)14/h7,11H,5-6H2,1-4H3. The second-order valence-corrected chi connectivity index (χ2v) is 5.70. The van der Waals surface area contributed by atoms with Crippen LogP contribution in [-0.2, 0) is 23.5 Å². The monoisotopic (exact) mass is 230 g/mol. The average molecular weight is 230 g/mol.